The van der Waals surface area contributed by atoms with E-state index in [0.29, 0.717) is 24.5 Å². The number of carbonyl (C=O) groups is 1. The van der Waals surface area contributed by atoms with Gasteiger partial charge in [0.15, 0.2) is 17.2 Å². The normalized spacial score (nSPS) is 16.9. The SMILES string of the molecule is CCn1ccc(C(=O)N2CC[C@H](n3c(-c4ccco4)nc4cccnc43)C2)n1. The lowest BCUT2D eigenvalue weighted by atomic mass is 10.2. The molecular weight excluding hydrogens is 356 g/mol. The summed E-state index contributed by atoms with van der Waals surface area (Å²) in [6, 6.07) is 9.42. The molecule has 0 bridgehead atoms. The summed E-state index contributed by atoms with van der Waals surface area (Å²) >= 11 is 0. The van der Waals surface area contributed by atoms with Crippen LogP contribution in [0.5, 0.6) is 0 Å². The Bertz CT molecular complexity index is 1130. The summed E-state index contributed by atoms with van der Waals surface area (Å²) in [5.41, 5.74) is 2.12. The first kappa shape index (κ1) is 16.7. The van der Waals surface area contributed by atoms with Crippen LogP contribution in [0.2, 0.25) is 0 Å². The van der Waals surface area contributed by atoms with E-state index in [9.17, 15) is 4.79 Å². The minimum atomic E-state index is -0.0355. The minimum absolute atomic E-state index is 0.0355. The van der Waals surface area contributed by atoms with E-state index in [4.69, 9.17) is 9.40 Å². The summed E-state index contributed by atoms with van der Waals surface area (Å²) < 4.78 is 9.47. The molecule has 0 unspecified atom stereocenters. The number of aryl methyl sites for hydroxylation is 1. The lowest BCUT2D eigenvalue weighted by Gasteiger charge is -2.17. The smallest absolute Gasteiger partial charge is 0.274 e. The first-order valence-electron chi connectivity index (χ1n) is 9.44. The molecule has 8 heteroatoms. The highest BCUT2D eigenvalue weighted by molar-refractivity contribution is 5.92. The lowest BCUT2D eigenvalue weighted by Crippen LogP contribution is -2.29. The molecule has 0 spiro atoms. The van der Waals surface area contributed by atoms with E-state index >= 15 is 0 Å². The van der Waals surface area contributed by atoms with Gasteiger partial charge < -0.3 is 13.9 Å². The van der Waals surface area contributed by atoms with Gasteiger partial charge >= 0.3 is 0 Å². The van der Waals surface area contributed by atoms with Crippen LogP contribution in [-0.4, -0.2) is 48.2 Å². The van der Waals surface area contributed by atoms with Gasteiger partial charge in [-0.25, -0.2) is 9.97 Å². The molecule has 28 heavy (non-hydrogen) atoms. The molecular formula is C20H20N6O2. The second-order valence-corrected chi connectivity index (χ2v) is 6.88. The van der Waals surface area contributed by atoms with Gasteiger partial charge in [-0.1, -0.05) is 0 Å². The molecule has 8 nitrogen and oxygen atoms in total. The molecule has 1 aliphatic heterocycles. The Balaban J connectivity index is 1.48. The fraction of sp³-hybridized carbons (Fsp3) is 0.300. The van der Waals surface area contributed by atoms with Crippen molar-refractivity contribution in [1.82, 2.24) is 29.2 Å². The molecule has 0 N–H and O–H groups in total. The minimum Gasteiger partial charge on any atom is -0.461 e. The molecule has 0 aromatic carbocycles. The van der Waals surface area contributed by atoms with Crippen molar-refractivity contribution in [1.29, 1.82) is 0 Å². The average molecular weight is 376 g/mol. The van der Waals surface area contributed by atoms with Crippen LogP contribution in [-0.2, 0) is 6.54 Å². The molecule has 0 aliphatic carbocycles. The standard InChI is InChI=1S/C20H20N6O2/c1-2-25-11-8-16(23-25)20(27)24-10-7-14(13-24)26-18-15(5-3-9-21-18)22-19(26)17-6-4-12-28-17/h3-6,8-9,11-12,14H,2,7,10,13H2,1H3/t14-/m0/s1. The number of rotatable bonds is 4. The van der Waals surface area contributed by atoms with E-state index in [2.05, 4.69) is 14.6 Å². The molecule has 1 fully saturated rings. The van der Waals surface area contributed by atoms with Gasteiger partial charge in [-0.2, -0.15) is 5.10 Å². The third kappa shape index (κ3) is 2.69. The number of furan rings is 1. The Kier molecular flexibility index (Phi) is 3.96. The van der Waals surface area contributed by atoms with E-state index in [1.165, 1.54) is 0 Å². The van der Waals surface area contributed by atoms with Crippen molar-refractivity contribution < 1.29 is 9.21 Å². The third-order valence-corrected chi connectivity index (χ3v) is 5.19. The molecule has 0 radical (unpaired) electrons. The van der Waals surface area contributed by atoms with Crippen molar-refractivity contribution in [3.05, 3.63) is 54.7 Å². The number of imidazole rings is 1. The molecule has 1 atom stereocenters. The van der Waals surface area contributed by atoms with Gasteiger partial charge in [-0.05, 0) is 43.7 Å². The molecule has 4 aromatic rings. The molecule has 5 rings (SSSR count). The van der Waals surface area contributed by atoms with E-state index in [1.54, 1.807) is 23.2 Å². The van der Waals surface area contributed by atoms with Crippen LogP contribution < -0.4 is 0 Å². The van der Waals surface area contributed by atoms with Crippen LogP contribution in [0.3, 0.4) is 0 Å². The third-order valence-electron chi connectivity index (χ3n) is 5.19. The number of aromatic nitrogens is 5. The number of likely N-dealkylation sites (tertiary alicyclic amines) is 1. The number of fused-ring (bicyclic) bond motifs is 1. The predicted molar refractivity (Wildman–Crippen MR) is 103 cm³/mol. The first-order valence-corrected chi connectivity index (χ1v) is 9.44. The average Bonchev–Trinajstić information content (AvgIpc) is 3.52. The van der Waals surface area contributed by atoms with Gasteiger partial charge in [0.05, 0.1) is 12.3 Å². The first-order chi connectivity index (χ1) is 13.7. The summed E-state index contributed by atoms with van der Waals surface area (Å²) in [5.74, 6) is 1.41. The van der Waals surface area contributed by atoms with E-state index in [0.717, 1.165) is 30.0 Å². The van der Waals surface area contributed by atoms with Gasteiger partial charge in [0.25, 0.3) is 5.91 Å². The second kappa shape index (κ2) is 6.63. The fourth-order valence-corrected chi connectivity index (χ4v) is 3.81. The maximum atomic E-state index is 12.9. The van der Waals surface area contributed by atoms with Crippen molar-refractivity contribution in [2.45, 2.75) is 25.9 Å². The highest BCUT2D eigenvalue weighted by atomic mass is 16.3. The highest BCUT2D eigenvalue weighted by Gasteiger charge is 2.32. The number of pyridine rings is 1. The van der Waals surface area contributed by atoms with Gasteiger partial charge in [0.2, 0.25) is 0 Å². The van der Waals surface area contributed by atoms with Gasteiger partial charge in [-0.15, -0.1) is 0 Å². The number of amides is 1. The fourth-order valence-electron chi connectivity index (χ4n) is 3.81. The van der Waals surface area contributed by atoms with Crippen LogP contribution in [0.4, 0.5) is 0 Å². The monoisotopic (exact) mass is 376 g/mol. The van der Waals surface area contributed by atoms with Crippen molar-refractivity contribution >= 4 is 17.1 Å². The van der Waals surface area contributed by atoms with Gasteiger partial charge in [0, 0.05) is 32.0 Å². The number of hydrogen-bond acceptors (Lipinski definition) is 5. The molecule has 1 aliphatic rings. The van der Waals surface area contributed by atoms with Crippen molar-refractivity contribution in [3.8, 4) is 11.6 Å². The lowest BCUT2D eigenvalue weighted by molar-refractivity contribution is 0.0781. The summed E-state index contributed by atoms with van der Waals surface area (Å²) in [7, 11) is 0. The maximum Gasteiger partial charge on any atom is 0.274 e. The summed E-state index contributed by atoms with van der Waals surface area (Å²) in [6.45, 7) is 4.01. The zero-order chi connectivity index (χ0) is 19.1. The van der Waals surface area contributed by atoms with Crippen LogP contribution in [0.15, 0.2) is 53.4 Å². The Hall–Kier alpha value is -3.42. The van der Waals surface area contributed by atoms with Crippen molar-refractivity contribution in [2.24, 2.45) is 0 Å². The van der Waals surface area contributed by atoms with Crippen LogP contribution in [0, 0.1) is 0 Å². The van der Waals surface area contributed by atoms with E-state index < -0.39 is 0 Å². The molecule has 5 heterocycles. The van der Waals surface area contributed by atoms with Gasteiger partial charge in [0.1, 0.15) is 11.2 Å². The Morgan fingerprint density at radius 3 is 3.00 bits per heavy atom. The van der Waals surface area contributed by atoms with Crippen LogP contribution >= 0.6 is 0 Å². The number of carbonyl (C=O) groups excluding carboxylic acids is 1. The number of hydrogen-bond donors (Lipinski definition) is 0. The Morgan fingerprint density at radius 2 is 2.21 bits per heavy atom. The number of nitrogens with zero attached hydrogens (tertiary/aromatic N) is 6. The molecule has 4 aromatic heterocycles. The van der Waals surface area contributed by atoms with Crippen molar-refractivity contribution in [2.75, 3.05) is 13.1 Å². The summed E-state index contributed by atoms with van der Waals surface area (Å²) in [6.07, 6.45) is 6.07. The van der Waals surface area contributed by atoms with Crippen LogP contribution in [0.1, 0.15) is 29.9 Å². The van der Waals surface area contributed by atoms with E-state index in [1.807, 2.05) is 42.3 Å². The summed E-state index contributed by atoms with van der Waals surface area (Å²) in [5, 5.41) is 4.35. The van der Waals surface area contributed by atoms with Gasteiger partial charge in [-0.3, -0.25) is 9.48 Å². The van der Waals surface area contributed by atoms with Crippen LogP contribution in [0.25, 0.3) is 22.7 Å². The largest absolute Gasteiger partial charge is 0.461 e. The molecule has 0 saturated carbocycles. The maximum absolute atomic E-state index is 12.9. The Labute approximate surface area is 161 Å². The Morgan fingerprint density at radius 1 is 1.29 bits per heavy atom. The highest BCUT2D eigenvalue weighted by Crippen LogP contribution is 2.32. The van der Waals surface area contributed by atoms with E-state index in [-0.39, 0.29) is 11.9 Å². The molecule has 142 valence electrons. The quantitative estimate of drug-likeness (QED) is 0.547. The predicted octanol–water partition coefficient (Wildman–Crippen LogP) is 2.99. The second-order valence-electron chi connectivity index (χ2n) is 6.88. The zero-order valence-electron chi connectivity index (χ0n) is 15.5. The molecule has 1 saturated heterocycles. The summed E-state index contributed by atoms with van der Waals surface area (Å²) in [4.78, 5) is 24.0. The topological polar surface area (TPSA) is 82.0 Å². The van der Waals surface area contributed by atoms with Crippen molar-refractivity contribution in [3.63, 3.8) is 0 Å². The zero-order valence-corrected chi connectivity index (χ0v) is 15.5. The molecule has 1 amide bonds.